The first-order valence-electron chi connectivity index (χ1n) is 8.17. The Morgan fingerprint density at radius 2 is 1.89 bits per heavy atom. The van der Waals surface area contributed by atoms with E-state index >= 15 is 0 Å². The van der Waals surface area contributed by atoms with Gasteiger partial charge in [-0.15, -0.1) is 10.2 Å². The SMILES string of the molecule is Cc1ccc(CNC(=O)c2nnc(Cn3cccc(C(F)(F)F)c3=O)s2)cc1. The Kier molecular flexibility index (Phi) is 5.59. The Morgan fingerprint density at radius 1 is 1.18 bits per heavy atom. The van der Waals surface area contributed by atoms with E-state index in [0.29, 0.717) is 6.54 Å². The summed E-state index contributed by atoms with van der Waals surface area (Å²) >= 11 is 0.920. The molecule has 28 heavy (non-hydrogen) atoms. The van der Waals surface area contributed by atoms with Crippen molar-refractivity contribution in [3.8, 4) is 0 Å². The highest BCUT2D eigenvalue weighted by Gasteiger charge is 2.34. The third-order valence-corrected chi connectivity index (χ3v) is 4.77. The Hall–Kier alpha value is -3.01. The summed E-state index contributed by atoms with van der Waals surface area (Å²) in [4.78, 5) is 24.1. The summed E-state index contributed by atoms with van der Waals surface area (Å²) in [5.41, 5.74) is -0.404. The quantitative estimate of drug-likeness (QED) is 0.704. The minimum Gasteiger partial charge on any atom is -0.346 e. The summed E-state index contributed by atoms with van der Waals surface area (Å²) < 4.78 is 39.4. The molecule has 1 amide bonds. The minimum atomic E-state index is -4.73. The number of hydrogen-bond acceptors (Lipinski definition) is 5. The average molecular weight is 408 g/mol. The zero-order valence-electron chi connectivity index (χ0n) is 14.7. The molecule has 0 aliphatic carbocycles. The van der Waals surface area contributed by atoms with Crippen LogP contribution in [-0.2, 0) is 19.3 Å². The van der Waals surface area contributed by atoms with Crippen LogP contribution in [0.1, 0.15) is 31.5 Å². The number of nitrogens with zero attached hydrogens (tertiary/aromatic N) is 3. The molecule has 1 aromatic carbocycles. The molecule has 2 heterocycles. The normalized spacial score (nSPS) is 11.4. The van der Waals surface area contributed by atoms with E-state index in [0.717, 1.165) is 39.2 Å². The summed E-state index contributed by atoms with van der Waals surface area (Å²) in [5, 5.41) is 10.6. The fourth-order valence-electron chi connectivity index (χ4n) is 2.40. The Morgan fingerprint density at radius 3 is 2.57 bits per heavy atom. The van der Waals surface area contributed by atoms with Gasteiger partial charge in [0.2, 0.25) is 5.01 Å². The van der Waals surface area contributed by atoms with Crippen molar-refractivity contribution in [2.24, 2.45) is 0 Å². The van der Waals surface area contributed by atoms with E-state index in [-0.39, 0.29) is 16.6 Å². The fourth-order valence-corrected chi connectivity index (χ4v) is 3.15. The van der Waals surface area contributed by atoms with Crippen LogP contribution in [-0.4, -0.2) is 20.7 Å². The number of aromatic nitrogens is 3. The van der Waals surface area contributed by atoms with Gasteiger partial charge in [0, 0.05) is 12.7 Å². The number of rotatable bonds is 5. The van der Waals surface area contributed by atoms with E-state index < -0.39 is 23.2 Å². The number of amides is 1. The van der Waals surface area contributed by atoms with Crippen molar-refractivity contribution in [1.82, 2.24) is 20.1 Å². The van der Waals surface area contributed by atoms with Crippen LogP contribution in [0.2, 0.25) is 0 Å². The molecule has 0 unspecified atom stereocenters. The van der Waals surface area contributed by atoms with E-state index in [9.17, 15) is 22.8 Å². The van der Waals surface area contributed by atoms with Gasteiger partial charge < -0.3 is 9.88 Å². The highest BCUT2D eigenvalue weighted by molar-refractivity contribution is 7.13. The number of hydrogen-bond donors (Lipinski definition) is 1. The molecule has 146 valence electrons. The first-order chi connectivity index (χ1) is 13.2. The smallest absolute Gasteiger partial charge is 0.346 e. The molecule has 0 saturated heterocycles. The lowest BCUT2D eigenvalue weighted by Crippen LogP contribution is -2.28. The molecular weight excluding hydrogens is 393 g/mol. The molecule has 0 radical (unpaired) electrons. The largest absolute Gasteiger partial charge is 0.421 e. The van der Waals surface area contributed by atoms with E-state index in [1.807, 2.05) is 31.2 Å². The third-order valence-electron chi connectivity index (χ3n) is 3.87. The van der Waals surface area contributed by atoms with Crippen LogP contribution < -0.4 is 10.9 Å². The van der Waals surface area contributed by atoms with Crippen LogP contribution in [0.4, 0.5) is 13.2 Å². The second-order valence-corrected chi connectivity index (χ2v) is 7.08. The number of alkyl halides is 3. The zero-order chi connectivity index (χ0) is 20.3. The Labute approximate surface area is 161 Å². The summed E-state index contributed by atoms with van der Waals surface area (Å²) in [5.74, 6) is -0.444. The lowest BCUT2D eigenvalue weighted by atomic mass is 10.1. The molecule has 2 aromatic heterocycles. The summed E-state index contributed by atoms with van der Waals surface area (Å²) in [7, 11) is 0. The predicted molar refractivity (Wildman–Crippen MR) is 97.1 cm³/mol. The standard InChI is InChI=1S/C18H15F3N4O2S/c1-11-4-6-12(7-5-11)9-22-15(26)16-24-23-14(28-16)10-25-8-2-3-13(17(25)27)18(19,20)21/h2-8H,9-10H2,1H3,(H,22,26). The van der Waals surface area contributed by atoms with Gasteiger partial charge in [0.1, 0.15) is 10.6 Å². The number of halogens is 3. The van der Waals surface area contributed by atoms with Gasteiger partial charge in [-0.1, -0.05) is 41.2 Å². The minimum absolute atomic E-state index is 0.0714. The van der Waals surface area contributed by atoms with Crippen LogP contribution >= 0.6 is 11.3 Å². The Bertz CT molecular complexity index is 1040. The molecule has 0 bridgehead atoms. The first kappa shape index (κ1) is 19.7. The fraction of sp³-hybridized carbons (Fsp3) is 0.222. The lowest BCUT2D eigenvalue weighted by molar-refractivity contribution is -0.138. The highest BCUT2D eigenvalue weighted by Crippen LogP contribution is 2.26. The van der Waals surface area contributed by atoms with Crippen molar-refractivity contribution in [2.45, 2.75) is 26.2 Å². The zero-order valence-corrected chi connectivity index (χ0v) is 15.5. The van der Waals surface area contributed by atoms with Crippen LogP contribution in [0, 0.1) is 6.92 Å². The molecule has 0 fully saturated rings. The summed E-state index contributed by atoms with van der Waals surface area (Å²) in [6, 6.07) is 9.50. The van der Waals surface area contributed by atoms with E-state index in [1.54, 1.807) is 0 Å². The van der Waals surface area contributed by atoms with Crippen LogP contribution in [0.5, 0.6) is 0 Å². The lowest BCUT2D eigenvalue weighted by Gasteiger charge is -2.08. The number of benzene rings is 1. The predicted octanol–water partition coefficient (Wildman–Crippen LogP) is 3.01. The van der Waals surface area contributed by atoms with Crippen LogP contribution in [0.3, 0.4) is 0 Å². The van der Waals surface area contributed by atoms with Gasteiger partial charge in [0.25, 0.3) is 11.5 Å². The average Bonchev–Trinajstić information content (AvgIpc) is 3.10. The van der Waals surface area contributed by atoms with Gasteiger partial charge >= 0.3 is 6.18 Å². The van der Waals surface area contributed by atoms with E-state index in [2.05, 4.69) is 15.5 Å². The van der Waals surface area contributed by atoms with Crippen molar-refractivity contribution in [2.75, 3.05) is 0 Å². The van der Waals surface area contributed by atoms with Crippen LogP contribution in [0.15, 0.2) is 47.4 Å². The van der Waals surface area contributed by atoms with E-state index in [4.69, 9.17) is 0 Å². The molecule has 0 saturated carbocycles. The second-order valence-electron chi connectivity index (χ2n) is 6.02. The van der Waals surface area contributed by atoms with Crippen molar-refractivity contribution in [3.05, 3.63) is 79.7 Å². The number of nitrogens with one attached hydrogen (secondary N) is 1. The third kappa shape index (κ3) is 4.63. The van der Waals surface area contributed by atoms with Gasteiger partial charge in [-0.2, -0.15) is 13.2 Å². The van der Waals surface area contributed by atoms with Gasteiger partial charge in [-0.3, -0.25) is 9.59 Å². The molecule has 1 N–H and O–H groups in total. The van der Waals surface area contributed by atoms with Gasteiger partial charge in [-0.25, -0.2) is 0 Å². The van der Waals surface area contributed by atoms with Crippen LogP contribution in [0.25, 0.3) is 0 Å². The summed E-state index contributed by atoms with van der Waals surface area (Å²) in [6.45, 7) is 2.06. The molecule has 3 aromatic rings. The maximum Gasteiger partial charge on any atom is 0.421 e. The molecule has 3 rings (SSSR count). The number of carbonyl (C=O) groups is 1. The topological polar surface area (TPSA) is 76.9 Å². The van der Waals surface area contributed by atoms with Crippen molar-refractivity contribution >= 4 is 17.2 Å². The molecule has 0 aliphatic heterocycles. The van der Waals surface area contributed by atoms with Gasteiger partial charge in [0.15, 0.2) is 0 Å². The maximum absolute atomic E-state index is 12.8. The van der Waals surface area contributed by atoms with Gasteiger partial charge in [-0.05, 0) is 24.6 Å². The van der Waals surface area contributed by atoms with Crippen molar-refractivity contribution < 1.29 is 18.0 Å². The highest BCUT2D eigenvalue weighted by atomic mass is 32.1. The molecule has 0 atom stereocenters. The molecule has 6 nitrogen and oxygen atoms in total. The molecule has 10 heteroatoms. The van der Waals surface area contributed by atoms with E-state index in [1.165, 1.54) is 6.20 Å². The number of carbonyl (C=O) groups excluding carboxylic acids is 1. The van der Waals surface area contributed by atoms with Gasteiger partial charge in [0.05, 0.1) is 6.54 Å². The van der Waals surface area contributed by atoms with Crippen molar-refractivity contribution in [3.63, 3.8) is 0 Å². The monoisotopic (exact) mass is 408 g/mol. The van der Waals surface area contributed by atoms with Crippen molar-refractivity contribution in [1.29, 1.82) is 0 Å². The second kappa shape index (κ2) is 7.93. The summed E-state index contributed by atoms with van der Waals surface area (Å²) in [6.07, 6.45) is -3.50. The molecule has 0 aliphatic rings. The molecule has 0 spiro atoms. The number of pyridine rings is 1. The number of aryl methyl sites for hydroxylation is 1. The Balaban J connectivity index is 1.68. The first-order valence-corrected chi connectivity index (χ1v) is 8.98. The molecular formula is C18H15F3N4O2S. The maximum atomic E-state index is 12.8.